The van der Waals surface area contributed by atoms with Crippen molar-refractivity contribution in [3.63, 3.8) is 0 Å². The minimum atomic E-state index is -2.99. The monoisotopic (exact) mass is 184 g/mol. The van der Waals surface area contributed by atoms with Gasteiger partial charge < -0.3 is 0 Å². The molecule has 10 heavy (non-hydrogen) atoms. The number of sulfone groups is 1. The lowest BCUT2D eigenvalue weighted by molar-refractivity contribution is 0.589. The van der Waals surface area contributed by atoms with Crippen molar-refractivity contribution in [1.82, 2.24) is 0 Å². The smallest absolute Gasteiger partial charge is 0.166 e. The van der Waals surface area contributed by atoms with Crippen LogP contribution in [0, 0.1) is 0 Å². The third kappa shape index (κ3) is 2.88. The molecule has 1 atom stereocenters. The van der Waals surface area contributed by atoms with Crippen LogP contribution in [0.5, 0.6) is 0 Å². The second-order valence-electron chi connectivity index (χ2n) is 2.15. The lowest BCUT2D eigenvalue weighted by Gasteiger charge is -2.06. The molecule has 0 saturated heterocycles. The molecule has 0 spiro atoms. The van der Waals surface area contributed by atoms with Crippen molar-refractivity contribution in [2.45, 2.75) is 31.4 Å². The zero-order valence-corrected chi connectivity index (χ0v) is 7.87. The summed E-state index contributed by atoms with van der Waals surface area (Å²) in [5.41, 5.74) is 0. The number of hydrogen-bond donors (Lipinski definition) is 0. The molecule has 0 rings (SSSR count). The summed E-state index contributed by atoms with van der Waals surface area (Å²) in [5.74, 6) is 0.140. The lowest BCUT2D eigenvalue weighted by atomic mass is 10.4. The maximum atomic E-state index is 11.0. The van der Waals surface area contributed by atoms with E-state index < -0.39 is 14.5 Å². The summed E-state index contributed by atoms with van der Waals surface area (Å²) >= 11 is 5.58. The van der Waals surface area contributed by atoms with Crippen LogP contribution in [0.3, 0.4) is 0 Å². The number of rotatable bonds is 4. The molecule has 0 aliphatic carbocycles. The van der Waals surface area contributed by atoms with Crippen molar-refractivity contribution in [3.8, 4) is 0 Å². The van der Waals surface area contributed by atoms with E-state index in [1.807, 2.05) is 6.92 Å². The highest BCUT2D eigenvalue weighted by Crippen LogP contribution is 2.13. The minimum absolute atomic E-state index is 0.140. The maximum Gasteiger partial charge on any atom is 0.166 e. The van der Waals surface area contributed by atoms with Crippen LogP contribution in [-0.2, 0) is 9.84 Å². The molecule has 0 N–H and O–H groups in total. The third-order valence-corrected chi connectivity index (χ3v) is 4.16. The van der Waals surface area contributed by atoms with E-state index in [-0.39, 0.29) is 5.75 Å². The highest BCUT2D eigenvalue weighted by atomic mass is 35.5. The Balaban J connectivity index is 4.06. The van der Waals surface area contributed by atoms with Crippen molar-refractivity contribution >= 4 is 21.4 Å². The van der Waals surface area contributed by atoms with Crippen LogP contribution in [0.4, 0.5) is 0 Å². The van der Waals surface area contributed by atoms with Gasteiger partial charge in [-0.25, -0.2) is 8.42 Å². The van der Waals surface area contributed by atoms with Crippen LogP contribution in [-0.4, -0.2) is 18.9 Å². The predicted molar refractivity (Wildman–Crippen MR) is 44.0 cm³/mol. The quantitative estimate of drug-likeness (QED) is 0.625. The van der Waals surface area contributed by atoms with Crippen LogP contribution < -0.4 is 0 Å². The van der Waals surface area contributed by atoms with E-state index in [2.05, 4.69) is 0 Å². The standard InChI is InChI=1S/C6H13ClO2S/c1-3-5-6(7)10(8,9)4-2/h6H,3-5H2,1-2H3/t6-/m1/s1. The van der Waals surface area contributed by atoms with Gasteiger partial charge in [-0.3, -0.25) is 0 Å². The molecule has 0 unspecified atom stereocenters. The molecular formula is C6H13ClO2S. The van der Waals surface area contributed by atoms with Gasteiger partial charge in [0.1, 0.15) is 4.71 Å². The zero-order chi connectivity index (χ0) is 8.20. The Morgan fingerprint density at radius 3 is 2.20 bits per heavy atom. The van der Waals surface area contributed by atoms with Gasteiger partial charge in [-0.15, -0.1) is 11.6 Å². The predicted octanol–water partition coefficient (Wildman–Crippen LogP) is 1.79. The highest BCUT2D eigenvalue weighted by molar-refractivity contribution is 7.93. The summed E-state index contributed by atoms with van der Waals surface area (Å²) in [5, 5.41) is 0. The number of hydrogen-bond acceptors (Lipinski definition) is 2. The van der Waals surface area contributed by atoms with E-state index in [0.717, 1.165) is 6.42 Å². The molecule has 0 aromatic heterocycles. The molecule has 0 aliphatic heterocycles. The fourth-order valence-corrected chi connectivity index (χ4v) is 2.14. The average molecular weight is 185 g/mol. The maximum absolute atomic E-state index is 11.0. The molecule has 0 aromatic rings. The summed E-state index contributed by atoms with van der Waals surface area (Å²) in [6.45, 7) is 3.53. The van der Waals surface area contributed by atoms with Gasteiger partial charge in [0.05, 0.1) is 0 Å². The van der Waals surface area contributed by atoms with Gasteiger partial charge in [0.2, 0.25) is 0 Å². The first-order chi connectivity index (χ1) is 4.54. The minimum Gasteiger partial charge on any atom is -0.227 e. The Kier molecular flexibility index (Phi) is 4.29. The summed E-state index contributed by atoms with van der Waals surface area (Å²) in [6, 6.07) is 0. The third-order valence-electron chi connectivity index (χ3n) is 1.31. The first-order valence-electron chi connectivity index (χ1n) is 3.40. The van der Waals surface area contributed by atoms with Gasteiger partial charge in [-0.1, -0.05) is 20.3 Å². The summed E-state index contributed by atoms with van der Waals surface area (Å²) in [6.07, 6.45) is 1.37. The fourth-order valence-electron chi connectivity index (χ4n) is 0.587. The van der Waals surface area contributed by atoms with Crippen molar-refractivity contribution in [3.05, 3.63) is 0 Å². The van der Waals surface area contributed by atoms with Crippen LogP contribution >= 0.6 is 11.6 Å². The van der Waals surface area contributed by atoms with Gasteiger partial charge in [0.15, 0.2) is 9.84 Å². The van der Waals surface area contributed by atoms with Crippen molar-refractivity contribution < 1.29 is 8.42 Å². The van der Waals surface area contributed by atoms with E-state index in [1.165, 1.54) is 0 Å². The first-order valence-corrected chi connectivity index (χ1v) is 5.55. The van der Waals surface area contributed by atoms with Crippen LogP contribution in [0.25, 0.3) is 0 Å². The van der Waals surface area contributed by atoms with Gasteiger partial charge in [-0.2, -0.15) is 0 Å². The second-order valence-corrected chi connectivity index (χ2v) is 5.41. The second kappa shape index (κ2) is 4.19. The van der Waals surface area contributed by atoms with Gasteiger partial charge in [0.25, 0.3) is 0 Å². The summed E-state index contributed by atoms with van der Waals surface area (Å²) in [4.78, 5) is 0. The average Bonchev–Trinajstić information content (AvgIpc) is 1.89. The van der Waals surface area contributed by atoms with Gasteiger partial charge >= 0.3 is 0 Å². The van der Waals surface area contributed by atoms with E-state index in [1.54, 1.807) is 6.92 Å². The van der Waals surface area contributed by atoms with E-state index in [4.69, 9.17) is 11.6 Å². The Morgan fingerprint density at radius 1 is 1.40 bits per heavy atom. The Labute approximate surface area is 67.5 Å². The van der Waals surface area contributed by atoms with E-state index in [0.29, 0.717) is 6.42 Å². The topological polar surface area (TPSA) is 34.1 Å². The molecule has 0 bridgehead atoms. The molecule has 0 amide bonds. The van der Waals surface area contributed by atoms with Gasteiger partial charge in [-0.05, 0) is 6.42 Å². The molecule has 0 heterocycles. The Hall–Kier alpha value is 0.240. The van der Waals surface area contributed by atoms with E-state index >= 15 is 0 Å². The molecule has 0 aliphatic rings. The Morgan fingerprint density at radius 2 is 1.90 bits per heavy atom. The molecule has 2 nitrogen and oxygen atoms in total. The molecule has 0 aromatic carbocycles. The lowest BCUT2D eigenvalue weighted by Crippen LogP contribution is -2.16. The highest BCUT2D eigenvalue weighted by Gasteiger charge is 2.18. The van der Waals surface area contributed by atoms with Crippen molar-refractivity contribution in [2.24, 2.45) is 0 Å². The molecule has 62 valence electrons. The SMILES string of the molecule is CCC[C@H](Cl)S(=O)(=O)CC. The molecule has 4 heteroatoms. The van der Waals surface area contributed by atoms with Crippen molar-refractivity contribution in [2.75, 3.05) is 5.75 Å². The molecular weight excluding hydrogens is 172 g/mol. The van der Waals surface area contributed by atoms with Crippen LogP contribution in [0.1, 0.15) is 26.7 Å². The molecule has 0 fully saturated rings. The molecule has 0 saturated carbocycles. The normalized spacial score (nSPS) is 15.1. The number of alkyl halides is 1. The summed E-state index contributed by atoms with van der Waals surface area (Å²) < 4.78 is 21.2. The molecule has 0 radical (unpaired) electrons. The Bertz CT molecular complexity index is 174. The largest absolute Gasteiger partial charge is 0.227 e. The summed E-state index contributed by atoms with van der Waals surface area (Å²) in [7, 11) is -2.99. The fraction of sp³-hybridized carbons (Fsp3) is 1.00. The van der Waals surface area contributed by atoms with E-state index in [9.17, 15) is 8.42 Å². The van der Waals surface area contributed by atoms with Crippen LogP contribution in [0.2, 0.25) is 0 Å². The zero-order valence-electron chi connectivity index (χ0n) is 6.30. The van der Waals surface area contributed by atoms with Gasteiger partial charge in [0, 0.05) is 5.75 Å². The number of halogens is 1. The first kappa shape index (κ1) is 10.2. The van der Waals surface area contributed by atoms with Crippen LogP contribution in [0.15, 0.2) is 0 Å². The van der Waals surface area contributed by atoms with Crippen molar-refractivity contribution in [1.29, 1.82) is 0 Å².